The largest absolute Gasteiger partial charge is 0.450 e. The van der Waals surface area contributed by atoms with Crippen LogP contribution in [0.3, 0.4) is 0 Å². The van der Waals surface area contributed by atoms with Crippen molar-refractivity contribution in [1.29, 1.82) is 0 Å². The van der Waals surface area contributed by atoms with Crippen LogP contribution in [0.1, 0.15) is 24.2 Å². The quantitative estimate of drug-likeness (QED) is 0.313. The zero-order valence-corrected chi connectivity index (χ0v) is 17.7. The summed E-state index contributed by atoms with van der Waals surface area (Å²) in [5.74, 6) is -0.351. The summed E-state index contributed by atoms with van der Waals surface area (Å²) in [5.41, 5.74) is 2.10. The highest BCUT2D eigenvalue weighted by molar-refractivity contribution is 7.80. The maximum atomic E-state index is 13.2. The van der Waals surface area contributed by atoms with Crippen LogP contribution in [0.5, 0.6) is 0 Å². The first kappa shape index (κ1) is 20.8. The van der Waals surface area contributed by atoms with Crippen molar-refractivity contribution in [3.8, 4) is 0 Å². The predicted octanol–water partition coefficient (Wildman–Crippen LogP) is 5.12. The van der Waals surface area contributed by atoms with E-state index < -0.39 is 14.0 Å². The van der Waals surface area contributed by atoms with Crippen molar-refractivity contribution in [2.45, 2.75) is 20.0 Å². The van der Waals surface area contributed by atoms with E-state index in [4.69, 9.17) is 4.74 Å². The maximum Gasteiger partial charge on any atom is 0.339 e. The van der Waals surface area contributed by atoms with Gasteiger partial charge in [-0.15, -0.1) is 0 Å². The molecule has 0 heterocycles. The highest BCUT2D eigenvalue weighted by Gasteiger charge is 2.25. The molecule has 0 unspecified atom stereocenters. The second kappa shape index (κ2) is 9.49. The van der Waals surface area contributed by atoms with Gasteiger partial charge in [-0.25, -0.2) is 4.79 Å². The van der Waals surface area contributed by atoms with Crippen LogP contribution in [0.4, 0.5) is 0 Å². The standard InChI is InChI=1S/C26H25O2P/c1-19(2)25(20(3)4)28-26(27)23-17-11-12-18-24(23)29(21-13-7-5-8-14-21)22-15-9-6-10-16-22/h5-18,25H,1,3H2,2,4H3. The number of esters is 1. The molecule has 0 amide bonds. The Balaban J connectivity index is 2.08. The SMILES string of the molecule is C=C(C)C(OC(=O)c1ccccc1P(c1ccccc1)c1ccccc1)C(=C)C. The van der Waals surface area contributed by atoms with E-state index >= 15 is 0 Å². The van der Waals surface area contributed by atoms with Crippen LogP contribution in [-0.2, 0) is 4.74 Å². The number of hydrogen-bond donors (Lipinski definition) is 0. The third-order valence-electron chi connectivity index (χ3n) is 4.51. The van der Waals surface area contributed by atoms with E-state index in [1.165, 1.54) is 10.6 Å². The van der Waals surface area contributed by atoms with E-state index in [1.807, 2.05) is 74.5 Å². The molecular weight excluding hydrogens is 375 g/mol. The first-order chi connectivity index (χ1) is 14.0. The van der Waals surface area contributed by atoms with Gasteiger partial charge in [0.1, 0.15) is 6.10 Å². The van der Waals surface area contributed by atoms with Crippen LogP contribution in [0.15, 0.2) is 109 Å². The lowest BCUT2D eigenvalue weighted by Gasteiger charge is -2.23. The van der Waals surface area contributed by atoms with Crippen LogP contribution >= 0.6 is 7.92 Å². The molecule has 0 saturated carbocycles. The Morgan fingerprint density at radius 1 is 0.759 bits per heavy atom. The molecular formula is C26H25O2P. The fourth-order valence-corrected chi connectivity index (χ4v) is 5.65. The molecule has 0 aliphatic heterocycles. The Labute approximate surface area is 174 Å². The number of carbonyl (C=O) groups is 1. The molecule has 0 atom stereocenters. The number of carbonyl (C=O) groups excluding carboxylic acids is 1. The van der Waals surface area contributed by atoms with Crippen LogP contribution in [0.2, 0.25) is 0 Å². The molecule has 3 heteroatoms. The van der Waals surface area contributed by atoms with E-state index in [9.17, 15) is 4.79 Å². The van der Waals surface area contributed by atoms with Gasteiger partial charge in [0.05, 0.1) is 5.56 Å². The molecule has 0 bridgehead atoms. The average Bonchev–Trinajstić information content (AvgIpc) is 2.73. The summed E-state index contributed by atoms with van der Waals surface area (Å²) in [6, 6.07) is 28.3. The highest BCUT2D eigenvalue weighted by Crippen LogP contribution is 2.34. The first-order valence-electron chi connectivity index (χ1n) is 9.50. The molecule has 2 nitrogen and oxygen atoms in total. The minimum absolute atomic E-state index is 0.351. The molecule has 0 fully saturated rings. The van der Waals surface area contributed by atoms with Gasteiger partial charge in [0.2, 0.25) is 0 Å². The van der Waals surface area contributed by atoms with Crippen molar-refractivity contribution >= 4 is 29.8 Å². The highest BCUT2D eigenvalue weighted by atomic mass is 31.1. The first-order valence-corrected chi connectivity index (χ1v) is 10.8. The second-order valence-electron chi connectivity index (χ2n) is 7.00. The lowest BCUT2D eigenvalue weighted by atomic mass is 10.1. The minimum atomic E-state index is -0.901. The fourth-order valence-electron chi connectivity index (χ4n) is 3.21. The summed E-state index contributed by atoms with van der Waals surface area (Å²) in [6.07, 6.45) is -0.491. The molecule has 3 aromatic rings. The van der Waals surface area contributed by atoms with Gasteiger partial charge in [-0.3, -0.25) is 0 Å². The Kier molecular flexibility index (Phi) is 6.80. The zero-order valence-electron chi connectivity index (χ0n) is 16.8. The normalized spacial score (nSPS) is 10.8. The molecule has 0 saturated heterocycles. The van der Waals surface area contributed by atoms with Gasteiger partial charge in [-0.05, 0) is 54.9 Å². The van der Waals surface area contributed by atoms with Gasteiger partial charge in [-0.2, -0.15) is 0 Å². The summed E-state index contributed by atoms with van der Waals surface area (Å²) in [7, 11) is -0.901. The van der Waals surface area contributed by atoms with Crippen molar-refractivity contribution in [3.63, 3.8) is 0 Å². The smallest absolute Gasteiger partial charge is 0.339 e. The van der Waals surface area contributed by atoms with Gasteiger partial charge in [0, 0.05) is 0 Å². The van der Waals surface area contributed by atoms with Gasteiger partial charge < -0.3 is 4.74 Å². The van der Waals surface area contributed by atoms with Gasteiger partial charge in [-0.1, -0.05) is 92.0 Å². The Morgan fingerprint density at radius 3 is 1.69 bits per heavy atom. The minimum Gasteiger partial charge on any atom is -0.450 e. The molecule has 0 aromatic heterocycles. The summed E-state index contributed by atoms with van der Waals surface area (Å²) in [5, 5.41) is 3.35. The van der Waals surface area contributed by atoms with Crippen molar-refractivity contribution in [2.75, 3.05) is 0 Å². The summed E-state index contributed by atoms with van der Waals surface area (Å²) < 4.78 is 5.79. The lowest BCUT2D eigenvalue weighted by Crippen LogP contribution is -2.28. The molecule has 0 aliphatic carbocycles. The molecule has 3 rings (SSSR count). The summed E-state index contributed by atoms with van der Waals surface area (Å²) >= 11 is 0. The monoisotopic (exact) mass is 400 g/mol. The Morgan fingerprint density at radius 2 is 1.21 bits per heavy atom. The average molecular weight is 400 g/mol. The van der Waals surface area contributed by atoms with E-state index in [1.54, 1.807) is 0 Å². The van der Waals surface area contributed by atoms with Crippen molar-refractivity contribution in [2.24, 2.45) is 0 Å². The molecule has 3 aromatic carbocycles. The molecule has 0 aliphatic rings. The third kappa shape index (κ3) is 4.91. The van der Waals surface area contributed by atoms with Crippen LogP contribution in [0.25, 0.3) is 0 Å². The molecule has 0 N–H and O–H groups in total. The number of ether oxygens (including phenoxy) is 1. The van der Waals surface area contributed by atoms with Crippen molar-refractivity contribution < 1.29 is 9.53 Å². The maximum absolute atomic E-state index is 13.2. The summed E-state index contributed by atoms with van der Waals surface area (Å²) in [6.45, 7) is 11.6. The lowest BCUT2D eigenvalue weighted by molar-refractivity contribution is 0.0434. The van der Waals surface area contributed by atoms with Crippen LogP contribution in [0, 0.1) is 0 Å². The zero-order chi connectivity index (χ0) is 20.8. The fraction of sp³-hybridized carbons (Fsp3) is 0.115. The molecule has 29 heavy (non-hydrogen) atoms. The Bertz CT molecular complexity index is 956. The second-order valence-corrected chi connectivity index (χ2v) is 9.19. The van der Waals surface area contributed by atoms with E-state index in [0.29, 0.717) is 5.56 Å². The van der Waals surface area contributed by atoms with E-state index in [-0.39, 0.29) is 5.97 Å². The van der Waals surface area contributed by atoms with E-state index in [0.717, 1.165) is 16.5 Å². The molecule has 0 radical (unpaired) electrons. The number of benzene rings is 3. The van der Waals surface area contributed by atoms with Crippen molar-refractivity contribution in [1.82, 2.24) is 0 Å². The number of rotatable bonds is 7. The van der Waals surface area contributed by atoms with Gasteiger partial charge in [0.25, 0.3) is 0 Å². The van der Waals surface area contributed by atoms with Crippen LogP contribution < -0.4 is 15.9 Å². The number of hydrogen-bond acceptors (Lipinski definition) is 2. The predicted molar refractivity (Wildman–Crippen MR) is 124 cm³/mol. The van der Waals surface area contributed by atoms with Gasteiger partial charge >= 0.3 is 5.97 Å². The molecule has 0 spiro atoms. The topological polar surface area (TPSA) is 26.3 Å². The van der Waals surface area contributed by atoms with Crippen LogP contribution in [-0.4, -0.2) is 12.1 Å². The summed E-state index contributed by atoms with van der Waals surface area (Å²) in [4.78, 5) is 13.2. The van der Waals surface area contributed by atoms with Crippen molar-refractivity contribution in [3.05, 3.63) is 115 Å². The Hall–Kier alpha value is -2.96. The molecule has 146 valence electrons. The van der Waals surface area contributed by atoms with E-state index in [2.05, 4.69) is 37.4 Å². The van der Waals surface area contributed by atoms with Gasteiger partial charge in [0.15, 0.2) is 0 Å². The third-order valence-corrected chi connectivity index (χ3v) is 7.01.